The third kappa shape index (κ3) is 2.92. The Morgan fingerprint density at radius 2 is 1.95 bits per heavy atom. The first-order valence-corrected chi connectivity index (χ1v) is 8.17. The normalized spacial score (nSPS) is 16.0. The number of rotatable bonds is 5. The van der Waals surface area contributed by atoms with E-state index in [1.165, 1.54) is 0 Å². The van der Waals surface area contributed by atoms with E-state index in [1.807, 2.05) is 19.9 Å². The van der Waals surface area contributed by atoms with Crippen molar-refractivity contribution in [2.24, 2.45) is 5.92 Å². The van der Waals surface area contributed by atoms with Crippen LogP contribution in [0.4, 0.5) is 5.69 Å². The molecule has 0 aliphatic heterocycles. The molecule has 0 atom stereocenters. The Morgan fingerprint density at radius 3 is 2.47 bits per heavy atom. The SMILES string of the molecule is CCN(CC1CC1)S(=O)(=O)c1cc(C)cc(N)c1C. The molecule has 0 amide bonds. The Bertz CT molecular complexity index is 577. The van der Waals surface area contributed by atoms with Crippen molar-refractivity contribution in [1.29, 1.82) is 0 Å². The van der Waals surface area contributed by atoms with Crippen molar-refractivity contribution in [3.8, 4) is 0 Å². The molecule has 106 valence electrons. The van der Waals surface area contributed by atoms with Gasteiger partial charge in [0, 0.05) is 18.8 Å². The zero-order valence-corrected chi connectivity index (χ0v) is 12.6. The summed E-state index contributed by atoms with van der Waals surface area (Å²) in [6.07, 6.45) is 2.28. The van der Waals surface area contributed by atoms with Crippen molar-refractivity contribution in [1.82, 2.24) is 4.31 Å². The molecule has 1 aliphatic rings. The van der Waals surface area contributed by atoms with Gasteiger partial charge in [-0.05, 0) is 55.9 Å². The van der Waals surface area contributed by atoms with E-state index in [-0.39, 0.29) is 0 Å². The maximum absolute atomic E-state index is 12.7. The molecule has 4 nitrogen and oxygen atoms in total. The van der Waals surface area contributed by atoms with E-state index >= 15 is 0 Å². The second-order valence-electron chi connectivity index (χ2n) is 5.38. The number of nitrogens with zero attached hydrogens (tertiary/aromatic N) is 1. The molecule has 0 saturated heterocycles. The van der Waals surface area contributed by atoms with E-state index in [2.05, 4.69) is 0 Å². The molecule has 0 aromatic heterocycles. The van der Waals surface area contributed by atoms with Crippen LogP contribution in [0.1, 0.15) is 30.9 Å². The Kier molecular flexibility index (Phi) is 3.87. The van der Waals surface area contributed by atoms with Gasteiger partial charge in [-0.1, -0.05) is 6.92 Å². The zero-order chi connectivity index (χ0) is 14.2. The van der Waals surface area contributed by atoms with E-state index < -0.39 is 10.0 Å². The monoisotopic (exact) mass is 282 g/mol. The van der Waals surface area contributed by atoms with E-state index in [9.17, 15) is 8.42 Å². The number of anilines is 1. The van der Waals surface area contributed by atoms with Crippen molar-refractivity contribution in [3.63, 3.8) is 0 Å². The molecule has 1 aromatic carbocycles. The van der Waals surface area contributed by atoms with Crippen LogP contribution < -0.4 is 5.73 Å². The summed E-state index contributed by atoms with van der Waals surface area (Å²) in [6, 6.07) is 3.53. The van der Waals surface area contributed by atoms with Crippen molar-refractivity contribution in [2.75, 3.05) is 18.8 Å². The van der Waals surface area contributed by atoms with Gasteiger partial charge in [-0.3, -0.25) is 0 Å². The third-order valence-electron chi connectivity index (χ3n) is 3.67. The predicted octanol–water partition coefficient (Wildman–Crippen LogP) is 2.31. The van der Waals surface area contributed by atoms with Crippen molar-refractivity contribution < 1.29 is 8.42 Å². The Labute approximate surface area is 115 Å². The molecule has 19 heavy (non-hydrogen) atoms. The van der Waals surface area contributed by atoms with Crippen LogP contribution in [0.5, 0.6) is 0 Å². The molecule has 1 fully saturated rings. The van der Waals surface area contributed by atoms with Crippen molar-refractivity contribution >= 4 is 15.7 Å². The first-order chi connectivity index (χ1) is 8.86. The highest BCUT2D eigenvalue weighted by molar-refractivity contribution is 7.89. The molecule has 2 rings (SSSR count). The lowest BCUT2D eigenvalue weighted by molar-refractivity contribution is 0.411. The van der Waals surface area contributed by atoms with Gasteiger partial charge in [0.05, 0.1) is 4.90 Å². The second kappa shape index (κ2) is 5.13. The van der Waals surface area contributed by atoms with Crippen LogP contribution in [0.2, 0.25) is 0 Å². The Balaban J connectivity index is 2.42. The van der Waals surface area contributed by atoms with Crippen molar-refractivity contribution in [3.05, 3.63) is 23.3 Å². The van der Waals surface area contributed by atoms with Crippen LogP contribution in [0, 0.1) is 19.8 Å². The number of aryl methyl sites for hydroxylation is 1. The highest BCUT2D eigenvalue weighted by atomic mass is 32.2. The molecule has 0 unspecified atom stereocenters. The van der Waals surface area contributed by atoms with Gasteiger partial charge in [-0.15, -0.1) is 0 Å². The molecular weight excluding hydrogens is 260 g/mol. The molecule has 1 aromatic rings. The summed E-state index contributed by atoms with van der Waals surface area (Å²) in [5.41, 5.74) is 7.96. The highest BCUT2D eigenvalue weighted by Crippen LogP contribution is 2.32. The fourth-order valence-electron chi connectivity index (χ4n) is 2.25. The van der Waals surface area contributed by atoms with Gasteiger partial charge < -0.3 is 5.73 Å². The van der Waals surface area contributed by atoms with Crippen LogP contribution >= 0.6 is 0 Å². The third-order valence-corrected chi connectivity index (χ3v) is 5.74. The maximum Gasteiger partial charge on any atom is 0.243 e. The van der Waals surface area contributed by atoms with E-state index in [0.29, 0.717) is 35.2 Å². The summed E-state index contributed by atoms with van der Waals surface area (Å²) in [5.74, 6) is 0.539. The van der Waals surface area contributed by atoms with Gasteiger partial charge in [0.25, 0.3) is 0 Å². The molecule has 0 radical (unpaired) electrons. The first kappa shape index (κ1) is 14.3. The largest absolute Gasteiger partial charge is 0.398 e. The molecule has 1 saturated carbocycles. The summed E-state index contributed by atoms with van der Waals surface area (Å²) in [4.78, 5) is 0.354. The lowest BCUT2D eigenvalue weighted by Gasteiger charge is -2.22. The molecule has 0 spiro atoms. The van der Waals surface area contributed by atoms with Crippen LogP contribution in [0.25, 0.3) is 0 Å². The Hall–Kier alpha value is -1.07. The zero-order valence-electron chi connectivity index (χ0n) is 11.8. The highest BCUT2D eigenvalue weighted by Gasteiger charge is 2.31. The number of hydrogen-bond donors (Lipinski definition) is 1. The first-order valence-electron chi connectivity index (χ1n) is 6.73. The van der Waals surface area contributed by atoms with Gasteiger partial charge >= 0.3 is 0 Å². The summed E-state index contributed by atoms with van der Waals surface area (Å²) in [5, 5.41) is 0. The standard InChI is InChI=1S/C14H22N2O2S/c1-4-16(9-12-5-6-12)19(17,18)14-8-10(2)7-13(15)11(14)3/h7-8,12H,4-6,9,15H2,1-3H3. The summed E-state index contributed by atoms with van der Waals surface area (Å²) in [6.45, 7) is 6.66. The summed E-state index contributed by atoms with van der Waals surface area (Å²) in [7, 11) is -3.43. The topological polar surface area (TPSA) is 63.4 Å². The molecule has 0 heterocycles. The van der Waals surface area contributed by atoms with Crippen LogP contribution in [-0.2, 0) is 10.0 Å². The van der Waals surface area contributed by atoms with Crippen molar-refractivity contribution in [2.45, 2.75) is 38.5 Å². The second-order valence-corrected chi connectivity index (χ2v) is 7.28. The van der Waals surface area contributed by atoms with Crippen LogP contribution in [0.3, 0.4) is 0 Å². The number of nitrogens with two attached hydrogens (primary N) is 1. The number of sulfonamides is 1. The van der Waals surface area contributed by atoms with E-state index in [0.717, 1.165) is 18.4 Å². The average molecular weight is 282 g/mol. The number of hydrogen-bond acceptors (Lipinski definition) is 3. The van der Waals surface area contributed by atoms with Gasteiger partial charge in [0.1, 0.15) is 0 Å². The van der Waals surface area contributed by atoms with Crippen LogP contribution in [0.15, 0.2) is 17.0 Å². The number of nitrogen functional groups attached to an aromatic ring is 1. The average Bonchev–Trinajstić information content (AvgIpc) is 3.14. The smallest absolute Gasteiger partial charge is 0.243 e. The Morgan fingerprint density at radius 1 is 1.32 bits per heavy atom. The molecule has 1 aliphatic carbocycles. The van der Waals surface area contributed by atoms with E-state index in [4.69, 9.17) is 5.73 Å². The van der Waals surface area contributed by atoms with Gasteiger partial charge in [-0.25, -0.2) is 8.42 Å². The maximum atomic E-state index is 12.7. The molecule has 0 bridgehead atoms. The molecule has 2 N–H and O–H groups in total. The lowest BCUT2D eigenvalue weighted by atomic mass is 10.1. The predicted molar refractivity (Wildman–Crippen MR) is 77.5 cm³/mol. The minimum atomic E-state index is -3.43. The summed E-state index contributed by atoms with van der Waals surface area (Å²) >= 11 is 0. The van der Waals surface area contributed by atoms with Gasteiger partial charge in [0.15, 0.2) is 0 Å². The fourth-order valence-corrected chi connectivity index (χ4v) is 4.11. The minimum absolute atomic E-state index is 0.354. The fraction of sp³-hybridized carbons (Fsp3) is 0.571. The van der Waals surface area contributed by atoms with Gasteiger partial charge in [0.2, 0.25) is 10.0 Å². The quantitative estimate of drug-likeness (QED) is 0.843. The molecular formula is C14H22N2O2S. The summed E-state index contributed by atoms with van der Waals surface area (Å²) < 4.78 is 27.0. The molecule has 5 heteroatoms. The minimum Gasteiger partial charge on any atom is -0.398 e. The van der Waals surface area contributed by atoms with E-state index in [1.54, 1.807) is 17.3 Å². The lowest BCUT2D eigenvalue weighted by Crippen LogP contribution is -2.33. The van der Waals surface area contributed by atoms with Gasteiger partial charge in [-0.2, -0.15) is 4.31 Å². The number of benzene rings is 1. The van der Waals surface area contributed by atoms with Crippen LogP contribution in [-0.4, -0.2) is 25.8 Å².